The Morgan fingerprint density at radius 3 is 2.24 bits per heavy atom. The van der Waals surface area contributed by atoms with Gasteiger partial charge in [-0.25, -0.2) is 0 Å². The molecule has 0 spiro atoms. The number of rotatable bonds is 11. The molecule has 2 amide bonds. The maximum Gasteiger partial charge on any atom is 0.262 e. The number of carbonyl (C=O) groups excluding carboxylic acids is 2. The van der Waals surface area contributed by atoms with Crippen LogP contribution in [0.25, 0.3) is 0 Å². The summed E-state index contributed by atoms with van der Waals surface area (Å²) in [5.74, 6) is 0.812. The summed E-state index contributed by atoms with van der Waals surface area (Å²) >= 11 is 1.40. The lowest BCUT2D eigenvalue weighted by Gasteiger charge is -2.19. The first-order valence-electron chi connectivity index (χ1n) is 11.9. The van der Waals surface area contributed by atoms with Gasteiger partial charge in [0.05, 0.1) is 12.3 Å². The number of hydrogen-bond donors (Lipinski definition) is 2. The van der Waals surface area contributed by atoms with E-state index >= 15 is 0 Å². The maximum atomic E-state index is 13.5. The van der Waals surface area contributed by atoms with Crippen molar-refractivity contribution in [3.63, 3.8) is 0 Å². The van der Waals surface area contributed by atoms with Crippen molar-refractivity contribution >= 4 is 35.0 Å². The van der Waals surface area contributed by atoms with E-state index in [4.69, 9.17) is 9.47 Å². The van der Waals surface area contributed by atoms with Gasteiger partial charge in [-0.05, 0) is 55.0 Å². The second kappa shape index (κ2) is 13.2. The van der Waals surface area contributed by atoms with Crippen molar-refractivity contribution in [2.45, 2.75) is 17.1 Å². The first kappa shape index (κ1) is 25.9. The molecule has 1 unspecified atom stereocenters. The Bertz CT molecular complexity index is 1320. The van der Waals surface area contributed by atoms with Crippen molar-refractivity contribution in [1.82, 2.24) is 0 Å². The van der Waals surface area contributed by atoms with Crippen LogP contribution < -0.4 is 20.1 Å². The fraction of sp³-hybridized carbons (Fsp3) is 0.133. The van der Waals surface area contributed by atoms with Gasteiger partial charge in [-0.1, -0.05) is 66.7 Å². The molecule has 0 fully saturated rings. The molecule has 0 aliphatic heterocycles. The molecular weight excluding hydrogens is 484 g/mol. The van der Waals surface area contributed by atoms with E-state index in [1.807, 2.05) is 97.9 Å². The number of benzene rings is 4. The fourth-order valence-corrected chi connectivity index (χ4v) is 4.68. The lowest BCUT2D eigenvalue weighted by atomic mass is 10.1. The lowest BCUT2D eigenvalue weighted by molar-refractivity contribution is -0.118. The van der Waals surface area contributed by atoms with E-state index in [2.05, 4.69) is 10.6 Å². The molecule has 2 N–H and O–H groups in total. The van der Waals surface area contributed by atoms with E-state index in [1.54, 1.807) is 18.2 Å². The number of anilines is 2. The molecular formula is C30H28N2O4S. The first-order valence-corrected chi connectivity index (χ1v) is 12.8. The zero-order valence-electron chi connectivity index (χ0n) is 20.4. The van der Waals surface area contributed by atoms with Crippen molar-refractivity contribution in [1.29, 1.82) is 0 Å². The van der Waals surface area contributed by atoms with Crippen LogP contribution in [0.15, 0.2) is 114 Å². The molecule has 4 rings (SSSR count). The lowest BCUT2D eigenvalue weighted by Crippen LogP contribution is -2.20. The largest absolute Gasteiger partial charge is 0.492 e. The molecule has 4 aromatic rings. The van der Waals surface area contributed by atoms with E-state index in [0.717, 1.165) is 10.5 Å². The fourth-order valence-electron chi connectivity index (χ4n) is 3.60. The zero-order valence-corrected chi connectivity index (χ0v) is 21.2. The summed E-state index contributed by atoms with van der Waals surface area (Å²) in [5, 5.41) is 5.36. The van der Waals surface area contributed by atoms with Crippen LogP contribution in [0, 0.1) is 0 Å². The summed E-state index contributed by atoms with van der Waals surface area (Å²) in [6.45, 7) is 2.30. The van der Waals surface area contributed by atoms with E-state index in [1.165, 1.54) is 11.8 Å². The average molecular weight is 513 g/mol. The monoisotopic (exact) mass is 512 g/mol. The number of amides is 2. The Morgan fingerprint density at radius 1 is 0.784 bits per heavy atom. The van der Waals surface area contributed by atoms with E-state index < -0.39 is 5.25 Å². The highest BCUT2D eigenvalue weighted by atomic mass is 32.2. The Hall–Kier alpha value is -4.23. The molecule has 0 bridgehead atoms. The summed E-state index contributed by atoms with van der Waals surface area (Å²) in [4.78, 5) is 26.7. The SMILES string of the molecule is CCOc1ccccc1NC(=O)C(Sc1cccc(NC(=O)COc2ccccc2)c1)c1ccccc1. The van der Waals surface area contributed by atoms with E-state index in [9.17, 15) is 9.59 Å². The molecule has 0 saturated heterocycles. The summed E-state index contributed by atoms with van der Waals surface area (Å²) < 4.78 is 11.2. The number of nitrogens with one attached hydrogen (secondary N) is 2. The number of hydrogen-bond acceptors (Lipinski definition) is 5. The van der Waals surface area contributed by atoms with Crippen LogP contribution in [0.4, 0.5) is 11.4 Å². The van der Waals surface area contributed by atoms with E-state index in [0.29, 0.717) is 29.5 Å². The zero-order chi connectivity index (χ0) is 25.9. The van der Waals surface area contributed by atoms with E-state index in [-0.39, 0.29) is 18.4 Å². The minimum absolute atomic E-state index is 0.102. The van der Waals surface area contributed by atoms with Crippen LogP contribution in [-0.4, -0.2) is 25.0 Å². The highest BCUT2D eigenvalue weighted by molar-refractivity contribution is 8.00. The van der Waals surface area contributed by atoms with Crippen LogP contribution in [0.5, 0.6) is 11.5 Å². The molecule has 1 atom stereocenters. The Balaban J connectivity index is 1.47. The highest BCUT2D eigenvalue weighted by Gasteiger charge is 2.23. The summed E-state index contributed by atoms with van der Waals surface area (Å²) in [5.41, 5.74) is 2.11. The smallest absolute Gasteiger partial charge is 0.262 e. The van der Waals surface area contributed by atoms with Gasteiger partial charge in [0.2, 0.25) is 5.91 Å². The molecule has 188 valence electrons. The number of ether oxygens (including phenoxy) is 2. The summed E-state index contributed by atoms with van der Waals surface area (Å²) in [6.07, 6.45) is 0. The highest BCUT2D eigenvalue weighted by Crippen LogP contribution is 2.38. The van der Waals surface area contributed by atoms with Crippen molar-refractivity contribution in [3.05, 3.63) is 115 Å². The molecule has 0 saturated carbocycles. The second-order valence-corrected chi connectivity index (χ2v) is 9.18. The van der Waals surface area contributed by atoms with Gasteiger partial charge in [-0.15, -0.1) is 11.8 Å². The van der Waals surface area contributed by atoms with Gasteiger partial charge in [0.15, 0.2) is 6.61 Å². The number of thioether (sulfide) groups is 1. The molecule has 0 aliphatic rings. The summed E-state index contributed by atoms with van der Waals surface area (Å²) in [7, 11) is 0. The predicted octanol–water partition coefficient (Wildman–Crippen LogP) is 6.57. The van der Waals surface area contributed by atoms with Crippen LogP contribution in [0.2, 0.25) is 0 Å². The van der Waals surface area contributed by atoms with Gasteiger partial charge in [0.1, 0.15) is 16.7 Å². The predicted molar refractivity (Wildman–Crippen MR) is 148 cm³/mol. The molecule has 4 aromatic carbocycles. The topological polar surface area (TPSA) is 76.7 Å². The third-order valence-corrected chi connectivity index (χ3v) is 6.52. The standard InChI is InChI=1S/C30H28N2O4S/c1-2-35-27-19-10-9-18-26(27)32-30(34)29(22-12-5-3-6-13-22)37-25-17-11-14-23(20-25)31-28(33)21-36-24-15-7-4-8-16-24/h3-20,29H,2,21H2,1H3,(H,31,33)(H,32,34). The Labute approximate surface area is 221 Å². The summed E-state index contributed by atoms with van der Waals surface area (Å²) in [6, 6.07) is 33.6. The quantitative estimate of drug-likeness (QED) is 0.222. The molecule has 7 heteroatoms. The van der Waals surface area contributed by atoms with Crippen LogP contribution in [0.1, 0.15) is 17.7 Å². The van der Waals surface area contributed by atoms with Gasteiger partial charge < -0.3 is 20.1 Å². The molecule has 37 heavy (non-hydrogen) atoms. The van der Waals surface area contributed by atoms with Gasteiger partial charge in [-0.2, -0.15) is 0 Å². The third kappa shape index (κ3) is 7.62. The molecule has 0 radical (unpaired) electrons. The molecule has 6 nitrogen and oxygen atoms in total. The van der Waals surface area contributed by atoms with Crippen molar-refractivity contribution in [2.24, 2.45) is 0 Å². The number of carbonyl (C=O) groups is 2. The number of para-hydroxylation sites is 3. The van der Waals surface area contributed by atoms with Crippen molar-refractivity contribution in [2.75, 3.05) is 23.8 Å². The van der Waals surface area contributed by atoms with Gasteiger partial charge >= 0.3 is 0 Å². The Morgan fingerprint density at radius 2 is 1.49 bits per heavy atom. The average Bonchev–Trinajstić information content (AvgIpc) is 2.93. The third-order valence-electron chi connectivity index (χ3n) is 5.27. The van der Waals surface area contributed by atoms with Crippen LogP contribution in [0.3, 0.4) is 0 Å². The minimum Gasteiger partial charge on any atom is -0.492 e. The van der Waals surface area contributed by atoms with Gasteiger partial charge in [0, 0.05) is 10.6 Å². The van der Waals surface area contributed by atoms with Crippen molar-refractivity contribution < 1.29 is 19.1 Å². The molecule has 0 aromatic heterocycles. The normalized spacial score (nSPS) is 11.3. The molecule has 0 heterocycles. The Kier molecular flexibility index (Phi) is 9.21. The minimum atomic E-state index is -0.525. The van der Waals surface area contributed by atoms with Crippen LogP contribution >= 0.6 is 11.8 Å². The maximum absolute atomic E-state index is 13.5. The first-order chi connectivity index (χ1) is 18.1. The van der Waals surface area contributed by atoms with Gasteiger partial charge in [-0.3, -0.25) is 9.59 Å². The second-order valence-electron chi connectivity index (χ2n) is 8.00. The van der Waals surface area contributed by atoms with Crippen LogP contribution in [-0.2, 0) is 9.59 Å². The van der Waals surface area contributed by atoms with Gasteiger partial charge in [0.25, 0.3) is 5.91 Å². The molecule has 0 aliphatic carbocycles. The van der Waals surface area contributed by atoms with Crippen molar-refractivity contribution in [3.8, 4) is 11.5 Å².